The summed E-state index contributed by atoms with van der Waals surface area (Å²) in [4.78, 5) is 10.9. The number of hydrogen-bond acceptors (Lipinski definition) is 5. The van der Waals surface area contributed by atoms with Gasteiger partial charge in [0.2, 0.25) is 0 Å². The van der Waals surface area contributed by atoms with Crippen molar-refractivity contribution in [3.05, 3.63) is 11.9 Å². The van der Waals surface area contributed by atoms with Gasteiger partial charge in [0.15, 0.2) is 0 Å². The molecule has 0 aromatic carbocycles. The molecule has 0 aliphatic heterocycles. The van der Waals surface area contributed by atoms with Crippen molar-refractivity contribution in [3.63, 3.8) is 0 Å². The maximum atomic E-state index is 4.36. The number of nitrogens with one attached hydrogen (secondary N) is 2. The molecule has 2 N–H and O–H groups in total. The highest BCUT2D eigenvalue weighted by Crippen LogP contribution is 2.20. The van der Waals surface area contributed by atoms with Crippen LogP contribution in [0.5, 0.6) is 0 Å². The van der Waals surface area contributed by atoms with E-state index in [1.165, 1.54) is 5.56 Å². The van der Waals surface area contributed by atoms with Crippen molar-refractivity contribution in [3.8, 4) is 0 Å². The Morgan fingerprint density at radius 2 is 1.68 bits per heavy atom. The Labute approximate surface area is 116 Å². The molecule has 1 heterocycles. The van der Waals surface area contributed by atoms with Crippen molar-refractivity contribution >= 4 is 11.6 Å². The Morgan fingerprint density at radius 1 is 1.05 bits per heavy atom. The molecule has 0 spiro atoms. The van der Waals surface area contributed by atoms with Crippen LogP contribution in [0.4, 0.5) is 11.6 Å². The third-order valence-corrected chi connectivity index (χ3v) is 2.92. The van der Waals surface area contributed by atoms with Gasteiger partial charge in [0.1, 0.15) is 18.0 Å². The predicted octanol–water partition coefficient (Wildman–Crippen LogP) is 2.22. The molecule has 0 saturated heterocycles. The van der Waals surface area contributed by atoms with Crippen molar-refractivity contribution in [2.75, 3.05) is 44.4 Å². The zero-order valence-electron chi connectivity index (χ0n) is 12.7. The summed E-state index contributed by atoms with van der Waals surface area (Å²) in [6.07, 6.45) is 4.77. The van der Waals surface area contributed by atoms with E-state index in [1.807, 2.05) is 0 Å². The van der Waals surface area contributed by atoms with Gasteiger partial charge in [0.05, 0.1) is 0 Å². The summed E-state index contributed by atoms with van der Waals surface area (Å²) in [6, 6.07) is 0. The number of nitrogens with zero attached hydrogens (tertiary/aromatic N) is 3. The third-order valence-electron chi connectivity index (χ3n) is 2.92. The highest BCUT2D eigenvalue weighted by molar-refractivity contribution is 5.57. The maximum Gasteiger partial charge on any atom is 0.134 e. The normalized spacial score (nSPS) is 10.8. The Kier molecular flexibility index (Phi) is 7.18. The van der Waals surface area contributed by atoms with Crippen LogP contribution in [0.3, 0.4) is 0 Å². The van der Waals surface area contributed by atoms with Crippen molar-refractivity contribution in [2.45, 2.75) is 33.1 Å². The van der Waals surface area contributed by atoms with Crippen LogP contribution in [0.2, 0.25) is 0 Å². The van der Waals surface area contributed by atoms with Gasteiger partial charge in [-0.1, -0.05) is 13.8 Å². The summed E-state index contributed by atoms with van der Waals surface area (Å²) in [6.45, 7) is 7.26. The van der Waals surface area contributed by atoms with Gasteiger partial charge in [-0.25, -0.2) is 9.97 Å². The van der Waals surface area contributed by atoms with E-state index in [2.05, 4.69) is 53.4 Å². The average molecular weight is 265 g/mol. The van der Waals surface area contributed by atoms with E-state index in [0.717, 1.165) is 50.5 Å². The lowest BCUT2D eigenvalue weighted by molar-refractivity contribution is 0.405. The quantitative estimate of drug-likeness (QED) is 0.671. The molecule has 1 aromatic rings. The zero-order chi connectivity index (χ0) is 14.1. The van der Waals surface area contributed by atoms with E-state index < -0.39 is 0 Å². The van der Waals surface area contributed by atoms with Gasteiger partial charge in [0.25, 0.3) is 0 Å². The molecule has 108 valence electrons. The fourth-order valence-electron chi connectivity index (χ4n) is 1.90. The first-order valence-corrected chi connectivity index (χ1v) is 7.15. The predicted molar refractivity (Wildman–Crippen MR) is 81.9 cm³/mol. The molecule has 0 radical (unpaired) electrons. The van der Waals surface area contributed by atoms with Crippen molar-refractivity contribution < 1.29 is 0 Å². The van der Waals surface area contributed by atoms with Crippen molar-refractivity contribution in [1.29, 1.82) is 0 Å². The van der Waals surface area contributed by atoms with Gasteiger partial charge in [-0.2, -0.15) is 0 Å². The second-order valence-corrected chi connectivity index (χ2v) is 4.91. The first-order valence-electron chi connectivity index (χ1n) is 7.15. The Morgan fingerprint density at radius 3 is 2.21 bits per heavy atom. The summed E-state index contributed by atoms with van der Waals surface area (Å²) in [5, 5.41) is 6.78. The van der Waals surface area contributed by atoms with Crippen LogP contribution in [0, 0.1) is 0 Å². The van der Waals surface area contributed by atoms with E-state index in [9.17, 15) is 0 Å². The molecule has 1 aromatic heterocycles. The van der Waals surface area contributed by atoms with Gasteiger partial charge >= 0.3 is 0 Å². The summed E-state index contributed by atoms with van der Waals surface area (Å²) in [7, 11) is 4.18. The minimum Gasteiger partial charge on any atom is -0.370 e. The summed E-state index contributed by atoms with van der Waals surface area (Å²) < 4.78 is 0. The monoisotopic (exact) mass is 265 g/mol. The second kappa shape index (κ2) is 8.69. The topological polar surface area (TPSA) is 53.1 Å². The molecule has 0 aliphatic carbocycles. The second-order valence-electron chi connectivity index (χ2n) is 4.91. The van der Waals surface area contributed by atoms with E-state index in [-0.39, 0.29) is 0 Å². The smallest absolute Gasteiger partial charge is 0.134 e. The molecule has 5 heteroatoms. The molecular formula is C14H27N5. The lowest BCUT2D eigenvalue weighted by atomic mass is 10.2. The fraction of sp³-hybridized carbons (Fsp3) is 0.714. The lowest BCUT2D eigenvalue weighted by Crippen LogP contribution is -2.17. The first kappa shape index (κ1) is 15.7. The minimum absolute atomic E-state index is 0.933. The molecular weight excluding hydrogens is 238 g/mol. The molecule has 1 rings (SSSR count). The first-order chi connectivity index (χ1) is 9.19. The van der Waals surface area contributed by atoms with E-state index in [1.54, 1.807) is 6.33 Å². The van der Waals surface area contributed by atoms with Gasteiger partial charge in [-0.3, -0.25) is 0 Å². The summed E-state index contributed by atoms with van der Waals surface area (Å²) >= 11 is 0. The van der Waals surface area contributed by atoms with Crippen LogP contribution in [0.1, 0.15) is 32.3 Å². The highest BCUT2D eigenvalue weighted by Gasteiger charge is 2.08. The van der Waals surface area contributed by atoms with Crippen molar-refractivity contribution in [2.24, 2.45) is 0 Å². The molecule has 0 amide bonds. The van der Waals surface area contributed by atoms with Crippen molar-refractivity contribution in [1.82, 2.24) is 14.9 Å². The van der Waals surface area contributed by atoms with Gasteiger partial charge < -0.3 is 15.5 Å². The van der Waals surface area contributed by atoms with E-state index in [4.69, 9.17) is 0 Å². The van der Waals surface area contributed by atoms with Crippen LogP contribution >= 0.6 is 0 Å². The Balaban J connectivity index is 2.61. The average Bonchev–Trinajstić information content (AvgIpc) is 2.41. The SMILES string of the molecule is CCCNc1ncnc(NCCCN(C)C)c1CC. The molecule has 0 atom stereocenters. The van der Waals surface area contributed by atoms with Crippen LogP contribution in [0.15, 0.2) is 6.33 Å². The number of anilines is 2. The summed E-state index contributed by atoms with van der Waals surface area (Å²) in [5.74, 6) is 1.93. The molecule has 0 fully saturated rings. The highest BCUT2D eigenvalue weighted by atomic mass is 15.1. The van der Waals surface area contributed by atoms with Crippen LogP contribution in [0.25, 0.3) is 0 Å². The Bertz CT molecular complexity index is 365. The maximum absolute atomic E-state index is 4.36. The van der Waals surface area contributed by atoms with Gasteiger partial charge in [-0.15, -0.1) is 0 Å². The molecule has 0 aliphatic rings. The van der Waals surface area contributed by atoms with E-state index >= 15 is 0 Å². The molecule has 5 nitrogen and oxygen atoms in total. The standard InChI is InChI=1S/C14H27N5/c1-5-8-15-13-12(6-2)14(18-11-17-13)16-9-7-10-19(3)4/h11H,5-10H2,1-4H3,(H2,15,16,17,18). The number of hydrogen-bond donors (Lipinski definition) is 2. The van der Waals surface area contributed by atoms with Gasteiger partial charge in [-0.05, 0) is 39.9 Å². The molecule has 0 unspecified atom stereocenters. The van der Waals surface area contributed by atoms with Crippen LogP contribution in [-0.2, 0) is 6.42 Å². The minimum atomic E-state index is 0.933. The summed E-state index contributed by atoms with van der Waals surface area (Å²) in [5.41, 5.74) is 1.18. The van der Waals surface area contributed by atoms with Crippen LogP contribution in [-0.4, -0.2) is 48.6 Å². The number of aromatic nitrogens is 2. The number of rotatable bonds is 9. The van der Waals surface area contributed by atoms with Crippen LogP contribution < -0.4 is 10.6 Å². The third kappa shape index (κ3) is 5.42. The van der Waals surface area contributed by atoms with E-state index in [0.29, 0.717) is 0 Å². The Hall–Kier alpha value is -1.36. The fourth-order valence-corrected chi connectivity index (χ4v) is 1.90. The molecule has 0 bridgehead atoms. The lowest BCUT2D eigenvalue weighted by Gasteiger charge is -2.15. The largest absolute Gasteiger partial charge is 0.370 e. The zero-order valence-corrected chi connectivity index (χ0v) is 12.7. The molecule has 19 heavy (non-hydrogen) atoms. The molecule has 0 saturated carbocycles. The van der Waals surface area contributed by atoms with Gasteiger partial charge in [0, 0.05) is 18.7 Å².